The average Bonchev–Trinajstić information content (AvgIpc) is 3.28. The highest BCUT2D eigenvalue weighted by Crippen LogP contribution is 2.14. The van der Waals surface area contributed by atoms with Gasteiger partial charge in [-0.2, -0.15) is 0 Å². The summed E-state index contributed by atoms with van der Waals surface area (Å²) in [6.07, 6.45) is 64.6. The van der Waals surface area contributed by atoms with E-state index in [1.807, 2.05) is 0 Å². The van der Waals surface area contributed by atoms with E-state index in [1.165, 1.54) is 96.3 Å². The maximum atomic E-state index is 12.8. The van der Waals surface area contributed by atoms with Crippen LogP contribution in [0.2, 0.25) is 0 Å². The maximum absolute atomic E-state index is 12.8. The van der Waals surface area contributed by atoms with Gasteiger partial charge < -0.3 is 14.2 Å². The van der Waals surface area contributed by atoms with Crippen LogP contribution in [0.4, 0.5) is 0 Å². The summed E-state index contributed by atoms with van der Waals surface area (Å²) in [4.78, 5) is 38.0. The molecule has 0 rings (SSSR count). The first-order valence-corrected chi connectivity index (χ1v) is 26.4. The van der Waals surface area contributed by atoms with Gasteiger partial charge in [-0.15, -0.1) is 0 Å². The highest BCUT2D eigenvalue weighted by molar-refractivity contribution is 5.71. The number of carbonyl (C=O) groups is 3. The lowest BCUT2D eigenvalue weighted by Gasteiger charge is -2.18. The van der Waals surface area contributed by atoms with E-state index in [0.717, 1.165) is 116 Å². The lowest BCUT2D eigenvalue weighted by Crippen LogP contribution is -2.30. The molecule has 0 aromatic rings. The van der Waals surface area contributed by atoms with Crippen LogP contribution in [-0.2, 0) is 28.6 Å². The molecule has 63 heavy (non-hydrogen) atoms. The predicted molar refractivity (Wildman–Crippen MR) is 270 cm³/mol. The Bertz CT molecular complexity index is 1190. The van der Waals surface area contributed by atoms with Gasteiger partial charge in [-0.3, -0.25) is 14.4 Å². The zero-order valence-electron chi connectivity index (χ0n) is 41.3. The molecule has 0 aliphatic heterocycles. The summed E-state index contributed by atoms with van der Waals surface area (Å²) in [5, 5.41) is 0. The van der Waals surface area contributed by atoms with Crippen molar-refractivity contribution < 1.29 is 28.6 Å². The van der Waals surface area contributed by atoms with Crippen LogP contribution in [0.1, 0.15) is 252 Å². The summed E-state index contributed by atoms with van der Waals surface area (Å²) in [5.74, 6) is -0.916. The van der Waals surface area contributed by atoms with Crippen LogP contribution >= 0.6 is 0 Å². The molecule has 0 aromatic carbocycles. The molecule has 6 nitrogen and oxygen atoms in total. The molecule has 6 heteroatoms. The second kappa shape index (κ2) is 51.5. The lowest BCUT2D eigenvalue weighted by molar-refractivity contribution is -0.167. The SMILES string of the molecule is CC/C=C\C/C=C\C/C=C\CCCCCCCC(=O)OC[C@H](COC(=O)CCCCCCCCCCC/C=C\C/C=C\CCCCC)OC(=O)CCCCCCC/C=C\CCCC. The van der Waals surface area contributed by atoms with Gasteiger partial charge >= 0.3 is 17.9 Å². The average molecular weight is 879 g/mol. The van der Waals surface area contributed by atoms with Crippen molar-refractivity contribution in [1.29, 1.82) is 0 Å². The van der Waals surface area contributed by atoms with E-state index in [2.05, 4.69) is 93.7 Å². The first kappa shape index (κ1) is 59.9. The Morgan fingerprint density at radius 2 is 0.635 bits per heavy atom. The number of esters is 3. The first-order valence-electron chi connectivity index (χ1n) is 26.4. The molecule has 0 bridgehead atoms. The lowest BCUT2D eigenvalue weighted by atomic mass is 10.1. The molecule has 0 aliphatic carbocycles. The van der Waals surface area contributed by atoms with Crippen molar-refractivity contribution >= 4 is 17.9 Å². The number of allylic oxidation sites excluding steroid dienone is 12. The number of hydrogen-bond acceptors (Lipinski definition) is 6. The first-order chi connectivity index (χ1) is 31.0. The van der Waals surface area contributed by atoms with Gasteiger partial charge in [0, 0.05) is 19.3 Å². The van der Waals surface area contributed by atoms with Crippen molar-refractivity contribution in [3.05, 3.63) is 72.9 Å². The molecule has 0 aromatic heterocycles. The second-order valence-corrected chi connectivity index (χ2v) is 17.4. The Hall–Kier alpha value is -3.15. The normalized spacial score (nSPS) is 12.6. The minimum Gasteiger partial charge on any atom is -0.462 e. The molecule has 0 saturated carbocycles. The Morgan fingerprint density at radius 3 is 1.03 bits per heavy atom. The standard InChI is InChI=1S/C57H98O6/c1-4-7-10-13-16-19-22-24-26-27-28-29-31-33-36-38-41-44-47-50-56(59)62-53-54(63-57(60)51-48-45-42-39-34-21-18-15-12-9-6-3)52-61-55(58)49-46-43-40-37-35-32-30-25-23-20-17-14-11-8-5-2/h8,11,15-20,24-26,30,54H,4-7,9-10,12-14,21-23,27-29,31-53H2,1-3H3/b11-8-,18-15-,19-16-,20-17-,26-24-,30-25-/t54-/m1/s1. The third-order valence-electron chi connectivity index (χ3n) is 11.2. The summed E-state index contributed by atoms with van der Waals surface area (Å²) >= 11 is 0. The Labute approximate surface area is 389 Å². The van der Waals surface area contributed by atoms with Crippen LogP contribution in [0.5, 0.6) is 0 Å². The molecule has 0 amide bonds. The van der Waals surface area contributed by atoms with Gasteiger partial charge in [0.25, 0.3) is 0 Å². The molecule has 1 atom stereocenters. The molecule has 0 N–H and O–H groups in total. The minimum atomic E-state index is -0.787. The zero-order valence-corrected chi connectivity index (χ0v) is 41.3. The summed E-state index contributed by atoms with van der Waals surface area (Å²) in [7, 11) is 0. The Morgan fingerprint density at radius 1 is 0.333 bits per heavy atom. The van der Waals surface area contributed by atoms with Crippen molar-refractivity contribution in [2.75, 3.05) is 13.2 Å². The number of unbranched alkanes of at least 4 members (excludes halogenated alkanes) is 24. The number of hydrogen-bond donors (Lipinski definition) is 0. The van der Waals surface area contributed by atoms with E-state index in [0.29, 0.717) is 19.3 Å². The number of carbonyl (C=O) groups excluding carboxylic acids is 3. The third kappa shape index (κ3) is 49.7. The number of rotatable bonds is 47. The minimum absolute atomic E-state index is 0.0867. The monoisotopic (exact) mass is 879 g/mol. The molecule has 0 heterocycles. The van der Waals surface area contributed by atoms with E-state index < -0.39 is 6.10 Å². The molecular formula is C57H98O6. The van der Waals surface area contributed by atoms with Crippen LogP contribution in [0.25, 0.3) is 0 Å². The van der Waals surface area contributed by atoms with Crippen LogP contribution < -0.4 is 0 Å². The predicted octanol–water partition coefficient (Wildman–Crippen LogP) is 17.4. The topological polar surface area (TPSA) is 78.9 Å². The van der Waals surface area contributed by atoms with Gasteiger partial charge in [0.2, 0.25) is 0 Å². The third-order valence-corrected chi connectivity index (χ3v) is 11.2. The molecular weight excluding hydrogens is 781 g/mol. The molecule has 0 radical (unpaired) electrons. The van der Waals surface area contributed by atoms with Gasteiger partial charge in [-0.25, -0.2) is 0 Å². The second-order valence-electron chi connectivity index (χ2n) is 17.4. The van der Waals surface area contributed by atoms with E-state index in [1.54, 1.807) is 0 Å². The maximum Gasteiger partial charge on any atom is 0.306 e. The van der Waals surface area contributed by atoms with Gasteiger partial charge in [0.15, 0.2) is 6.10 Å². The van der Waals surface area contributed by atoms with E-state index in [9.17, 15) is 14.4 Å². The highest BCUT2D eigenvalue weighted by atomic mass is 16.6. The van der Waals surface area contributed by atoms with Crippen molar-refractivity contribution in [1.82, 2.24) is 0 Å². The molecule has 0 spiro atoms. The highest BCUT2D eigenvalue weighted by Gasteiger charge is 2.19. The van der Waals surface area contributed by atoms with Crippen molar-refractivity contribution in [3.8, 4) is 0 Å². The summed E-state index contributed by atoms with van der Waals surface area (Å²) in [6.45, 7) is 6.44. The molecule has 362 valence electrons. The molecule has 0 aliphatic rings. The van der Waals surface area contributed by atoms with Gasteiger partial charge in [-0.05, 0) is 103 Å². The fraction of sp³-hybridized carbons (Fsp3) is 0.737. The van der Waals surface area contributed by atoms with Crippen molar-refractivity contribution in [2.45, 2.75) is 258 Å². The Kier molecular flexibility index (Phi) is 48.9. The smallest absolute Gasteiger partial charge is 0.306 e. The summed E-state index contributed by atoms with van der Waals surface area (Å²) in [6, 6.07) is 0. The largest absolute Gasteiger partial charge is 0.462 e. The van der Waals surface area contributed by atoms with Gasteiger partial charge in [-0.1, -0.05) is 203 Å². The van der Waals surface area contributed by atoms with Crippen LogP contribution in [-0.4, -0.2) is 37.2 Å². The number of ether oxygens (including phenoxy) is 3. The van der Waals surface area contributed by atoms with Gasteiger partial charge in [0.1, 0.15) is 13.2 Å². The van der Waals surface area contributed by atoms with Crippen LogP contribution in [0.3, 0.4) is 0 Å². The molecule has 0 saturated heterocycles. The summed E-state index contributed by atoms with van der Waals surface area (Å²) < 4.78 is 16.8. The van der Waals surface area contributed by atoms with E-state index in [-0.39, 0.29) is 31.1 Å². The summed E-state index contributed by atoms with van der Waals surface area (Å²) in [5.41, 5.74) is 0. The quantitative estimate of drug-likeness (QED) is 0.0262. The van der Waals surface area contributed by atoms with Crippen LogP contribution in [0.15, 0.2) is 72.9 Å². The molecule has 0 unspecified atom stereocenters. The Balaban J connectivity index is 4.36. The van der Waals surface area contributed by atoms with E-state index in [4.69, 9.17) is 14.2 Å². The zero-order chi connectivity index (χ0) is 45.8. The van der Waals surface area contributed by atoms with E-state index >= 15 is 0 Å². The van der Waals surface area contributed by atoms with Crippen LogP contribution in [0, 0.1) is 0 Å². The fourth-order valence-electron chi connectivity index (χ4n) is 7.17. The molecule has 0 fully saturated rings. The fourth-order valence-corrected chi connectivity index (χ4v) is 7.17. The van der Waals surface area contributed by atoms with Crippen molar-refractivity contribution in [2.24, 2.45) is 0 Å². The van der Waals surface area contributed by atoms with Crippen molar-refractivity contribution in [3.63, 3.8) is 0 Å². The van der Waals surface area contributed by atoms with Gasteiger partial charge in [0.05, 0.1) is 0 Å².